The number of nitrogens with zero attached hydrogens (tertiary/aromatic N) is 3. The van der Waals surface area contributed by atoms with Gasteiger partial charge in [-0.05, 0) is 37.1 Å². The number of piperazine rings is 1. The molecule has 1 fully saturated rings. The van der Waals surface area contributed by atoms with Crippen molar-refractivity contribution in [2.24, 2.45) is 0 Å². The van der Waals surface area contributed by atoms with Crippen LogP contribution in [0.3, 0.4) is 0 Å². The number of aryl methyl sites for hydroxylation is 1. The number of fused-ring (bicyclic) bond motifs is 1. The normalized spacial score (nSPS) is 19.7. The Labute approximate surface area is 172 Å². The first-order valence-electron chi connectivity index (χ1n) is 10.2. The van der Waals surface area contributed by atoms with Gasteiger partial charge in [-0.3, -0.25) is 14.5 Å². The molecule has 2 amide bonds. The van der Waals surface area contributed by atoms with Gasteiger partial charge in [0.1, 0.15) is 6.04 Å². The third-order valence-electron chi connectivity index (χ3n) is 6.00. The van der Waals surface area contributed by atoms with E-state index >= 15 is 0 Å². The van der Waals surface area contributed by atoms with E-state index in [-0.39, 0.29) is 24.4 Å². The van der Waals surface area contributed by atoms with Gasteiger partial charge in [0.15, 0.2) is 0 Å². The maximum Gasteiger partial charge on any atom is 0.246 e. The molecule has 2 heterocycles. The highest BCUT2D eigenvalue weighted by Gasteiger charge is 2.32. The Hall–Kier alpha value is -2.86. The predicted molar refractivity (Wildman–Crippen MR) is 115 cm³/mol. The molecule has 0 saturated carbocycles. The Morgan fingerprint density at radius 2 is 1.72 bits per heavy atom. The number of hydrogen-bond acceptors (Lipinski definition) is 4. The van der Waals surface area contributed by atoms with Gasteiger partial charge in [0.25, 0.3) is 0 Å². The van der Waals surface area contributed by atoms with E-state index in [4.69, 9.17) is 0 Å². The highest BCUT2D eigenvalue weighted by molar-refractivity contribution is 6.04. The van der Waals surface area contributed by atoms with Crippen LogP contribution in [0.2, 0.25) is 0 Å². The number of nitrogens with one attached hydrogen (secondary N) is 1. The zero-order valence-corrected chi connectivity index (χ0v) is 17.1. The zero-order valence-electron chi connectivity index (χ0n) is 17.1. The molecule has 0 spiro atoms. The van der Waals surface area contributed by atoms with E-state index in [0.717, 1.165) is 44.1 Å². The zero-order chi connectivity index (χ0) is 20.4. The van der Waals surface area contributed by atoms with Crippen LogP contribution in [0.5, 0.6) is 0 Å². The molecule has 1 N–H and O–H groups in total. The number of carbonyl (C=O) groups excluding carboxylic acids is 2. The van der Waals surface area contributed by atoms with Crippen molar-refractivity contribution in [3.05, 3.63) is 59.7 Å². The van der Waals surface area contributed by atoms with E-state index in [2.05, 4.69) is 41.4 Å². The second kappa shape index (κ2) is 8.25. The summed E-state index contributed by atoms with van der Waals surface area (Å²) in [6, 6.07) is 15.8. The molecule has 29 heavy (non-hydrogen) atoms. The number of anilines is 2. The van der Waals surface area contributed by atoms with Gasteiger partial charge in [-0.1, -0.05) is 36.4 Å². The second-order valence-corrected chi connectivity index (χ2v) is 7.89. The number of benzene rings is 2. The van der Waals surface area contributed by atoms with Crippen LogP contribution in [-0.4, -0.2) is 60.4 Å². The predicted octanol–water partition coefficient (Wildman–Crippen LogP) is 2.49. The Morgan fingerprint density at radius 3 is 2.48 bits per heavy atom. The monoisotopic (exact) mass is 392 g/mol. The van der Waals surface area contributed by atoms with Crippen molar-refractivity contribution < 1.29 is 9.59 Å². The van der Waals surface area contributed by atoms with Crippen LogP contribution in [0.15, 0.2) is 48.5 Å². The summed E-state index contributed by atoms with van der Waals surface area (Å²) in [5.74, 6) is 0.0106. The van der Waals surface area contributed by atoms with Crippen LogP contribution in [0.1, 0.15) is 18.1 Å². The van der Waals surface area contributed by atoms with Crippen LogP contribution >= 0.6 is 0 Å². The number of hydrogen-bond donors (Lipinski definition) is 1. The molecule has 2 aromatic carbocycles. The first-order chi connectivity index (χ1) is 14.0. The minimum atomic E-state index is -0.365. The summed E-state index contributed by atoms with van der Waals surface area (Å²) < 4.78 is 0. The quantitative estimate of drug-likeness (QED) is 0.869. The van der Waals surface area contributed by atoms with Crippen molar-refractivity contribution in [3.63, 3.8) is 0 Å². The Kier molecular flexibility index (Phi) is 5.53. The molecular weight excluding hydrogens is 364 g/mol. The molecule has 0 bridgehead atoms. The summed E-state index contributed by atoms with van der Waals surface area (Å²) in [5, 5.41) is 2.91. The van der Waals surface area contributed by atoms with Crippen molar-refractivity contribution in [1.82, 2.24) is 9.80 Å². The van der Waals surface area contributed by atoms with Crippen molar-refractivity contribution >= 4 is 23.2 Å². The van der Waals surface area contributed by atoms with E-state index < -0.39 is 0 Å². The van der Waals surface area contributed by atoms with Crippen molar-refractivity contribution in [2.75, 3.05) is 42.9 Å². The molecule has 1 unspecified atom stereocenters. The molecule has 4 rings (SSSR count). The van der Waals surface area contributed by atoms with Gasteiger partial charge in [-0.25, -0.2) is 0 Å². The van der Waals surface area contributed by atoms with Gasteiger partial charge < -0.3 is 15.1 Å². The fourth-order valence-electron chi connectivity index (χ4n) is 4.07. The van der Waals surface area contributed by atoms with Crippen LogP contribution in [0.4, 0.5) is 11.4 Å². The maximum absolute atomic E-state index is 13.0. The Bertz CT molecular complexity index is 905. The van der Waals surface area contributed by atoms with E-state index in [1.54, 1.807) is 0 Å². The first kappa shape index (κ1) is 19.5. The molecule has 0 aliphatic carbocycles. The largest absolute Gasteiger partial charge is 0.349 e. The average Bonchev–Trinajstić information content (AvgIpc) is 2.73. The summed E-state index contributed by atoms with van der Waals surface area (Å²) >= 11 is 0. The van der Waals surface area contributed by atoms with Crippen LogP contribution < -0.4 is 10.2 Å². The van der Waals surface area contributed by atoms with E-state index in [1.807, 2.05) is 41.0 Å². The van der Waals surface area contributed by atoms with E-state index in [1.165, 1.54) is 11.1 Å². The number of rotatable bonds is 4. The van der Waals surface area contributed by atoms with Gasteiger partial charge in [0.2, 0.25) is 11.8 Å². The molecule has 0 radical (unpaired) electrons. The van der Waals surface area contributed by atoms with Crippen molar-refractivity contribution in [2.45, 2.75) is 26.4 Å². The molecule has 2 aromatic rings. The van der Waals surface area contributed by atoms with Gasteiger partial charge in [0.05, 0.1) is 17.9 Å². The van der Waals surface area contributed by atoms with Crippen molar-refractivity contribution in [1.29, 1.82) is 0 Å². The van der Waals surface area contributed by atoms with Crippen LogP contribution in [0, 0.1) is 6.92 Å². The molecule has 0 aromatic heterocycles. The van der Waals surface area contributed by atoms with E-state index in [0.29, 0.717) is 0 Å². The first-order valence-corrected chi connectivity index (χ1v) is 10.2. The topological polar surface area (TPSA) is 55.9 Å². The Balaban J connectivity index is 1.37. The molecule has 1 saturated heterocycles. The number of carbonyl (C=O) groups is 2. The lowest BCUT2D eigenvalue weighted by molar-refractivity contribution is -0.131. The van der Waals surface area contributed by atoms with Crippen LogP contribution in [-0.2, 0) is 16.1 Å². The highest BCUT2D eigenvalue weighted by Crippen LogP contribution is 2.31. The summed E-state index contributed by atoms with van der Waals surface area (Å²) in [7, 11) is 0. The standard InChI is InChI=1S/C23H28N4O2/c1-17-7-3-4-8-19(17)15-25-11-13-26(14-12-25)22(28)16-27-18(2)23(29)24-20-9-5-6-10-21(20)27/h3-10,18H,11-16H2,1-2H3,(H,24,29). The fraction of sp³-hybridized carbons (Fsp3) is 0.391. The smallest absolute Gasteiger partial charge is 0.246 e. The third-order valence-corrected chi connectivity index (χ3v) is 6.00. The van der Waals surface area contributed by atoms with Gasteiger partial charge in [-0.15, -0.1) is 0 Å². The number of para-hydroxylation sites is 2. The number of amides is 2. The lowest BCUT2D eigenvalue weighted by Gasteiger charge is -2.39. The van der Waals surface area contributed by atoms with Gasteiger partial charge in [-0.2, -0.15) is 0 Å². The molecule has 2 aliphatic rings. The summed E-state index contributed by atoms with van der Waals surface area (Å²) in [6.45, 7) is 8.32. The minimum absolute atomic E-state index is 0.0699. The molecule has 2 aliphatic heterocycles. The second-order valence-electron chi connectivity index (χ2n) is 7.89. The minimum Gasteiger partial charge on any atom is -0.349 e. The summed E-state index contributed by atoms with van der Waals surface area (Å²) in [5.41, 5.74) is 4.33. The van der Waals surface area contributed by atoms with Crippen molar-refractivity contribution in [3.8, 4) is 0 Å². The fourth-order valence-corrected chi connectivity index (χ4v) is 4.07. The Morgan fingerprint density at radius 1 is 1.03 bits per heavy atom. The molecule has 1 atom stereocenters. The molecule has 6 heteroatoms. The summed E-state index contributed by atoms with van der Waals surface area (Å²) in [4.78, 5) is 31.5. The average molecular weight is 393 g/mol. The third kappa shape index (κ3) is 4.12. The van der Waals surface area contributed by atoms with Crippen LogP contribution in [0.25, 0.3) is 0 Å². The highest BCUT2D eigenvalue weighted by atomic mass is 16.2. The molecule has 6 nitrogen and oxygen atoms in total. The lowest BCUT2D eigenvalue weighted by Crippen LogP contribution is -2.54. The van der Waals surface area contributed by atoms with Gasteiger partial charge >= 0.3 is 0 Å². The van der Waals surface area contributed by atoms with E-state index in [9.17, 15) is 9.59 Å². The maximum atomic E-state index is 13.0. The summed E-state index contributed by atoms with van der Waals surface area (Å²) in [6.07, 6.45) is 0. The SMILES string of the molecule is Cc1ccccc1CN1CCN(C(=O)CN2c3ccccc3NC(=O)C2C)CC1. The molecular formula is C23H28N4O2. The molecule has 152 valence electrons. The lowest BCUT2D eigenvalue weighted by atomic mass is 10.1. The van der Waals surface area contributed by atoms with Gasteiger partial charge in [0, 0.05) is 32.7 Å².